The summed E-state index contributed by atoms with van der Waals surface area (Å²) in [6, 6.07) is 11.5. The van der Waals surface area contributed by atoms with Gasteiger partial charge >= 0.3 is 11.6 Å². The molecule has 1 N–H and O–H groups in total. The summed E-state index contributed by atoms with van der Waals surface area (Å²) >= 11 is 3.38. The predicted octanol–water partition coefficient (Wildman–Crippen LogP) is 3.99. The van der Waals surface area contributed by atoms with E-state index in [1.165, 1.54) is 12.1 Å². The summed E-state index contributed by atoms with van der Waals surface area (Å²) in [5.74, 6) is -0.372. The number of esters is 1. The topological polar surface area (TPSA) is 94.8 Å². The van der Waals surface area contributed by atoms with Gasteiger partial charge in [-0.05, 0) is 65.2 Å². The molecule has 2 aromatic carbocycles. The van der Waals surface area contributed by atoms with Gasteiger partial charge in [0.1, 0.15) is 22.6 Å². The van der Waals surface area contributed by atoms with E-state index in [2.05, 4.69) is 21.2 Å². The largest absolute Gasteiger partial charge is 0.481 e. The molecule has 156 valence electrons. The molecule has 0 atom stereocenters. The Morgan fingerprint density at radius 3 is 2.67 bits per heavy atom. The fourth-order valence-corrected chi connectivity index (χ4v) is 3.28. The zero-order valence-electron chi connectivity index (χ0n) is 16.5. The van der Waals surface area contributed by atoms with Crippen molar-refractivity contribution in [2.45, 2.75) is 20.3 Å². The van der Waals surface area contributed by atoms with E-state index < -0.39 is 17.5 Å². The minimum atomic E-state index is -0.757. The standard InChI is InChI=1S/C22H20BrNO6/c1-3-8-24-21(26)16-10-14-5-6-15(11-19(14)30-22(16)27)29-20(25)12-28-18-7-4-13(2)9-17(18)23/h4-7,9-11H,3,8,12H2,1-2H3,(H,24,26). The smallest absolute Gasteiger partial charge is 0.349 e. The van der Waals surface area contributed by atoms with Crippen LogP contribution in [0.25, 0.3) is 11.0 Å². The Morgan fingerprint density at radius 1 is 1.13 bits per heavy atom. The van der Waals surface area contributed by atoms with E-state index >= 15 is 0 Å². The van der Waals surface area contributed by atoms with E-state index in [1.54, 1.807) is 18.2 Å². The van der Waals surface area contributed by atoms with Crippen molar-refractivity contribution in [3.63, 3.8) is 0 Å². The molecular formula is C22H20BrNO6. The number of hydrogen-bond acceptors (Lipinski definition) is 6. The summed E-state index contributed by atoms with van der Waals surface area (Å²) in [6.07, 6.45) is 0.754. The molecule has 0 bridgehead atoms. The van der Waals surface area contributed by atoms with Crippen molar-refractivity contribution in [2.75, 3.05) is 13.2 Å². The molecule has 0 aliphatic carbocycles. The number of ether oxygens (including phenoxy) is 2. The maximum absolute atomic E-state index is 12.1. The molecule has 0 saturated heterocycles. The highest BCUT2D eigenvalue weighted by atomic mass is 79.9. The number of fused-ring (bicyclic) bond motifs is 1. The maximum Gasteiger partial charge on any atom is 0.349 e. The van der Waals surface area contributed by atoms with Crippen molar-refractivity contribution in [3.8, 4) is 11.5 Å². The lowest BCUT2D eigenvalue weighted by molar-refractivity contribution is -0.136. The lowest BCUT2D eigenvalue weighted by Gasteiger charge is -2.09. The van der Waals surface area contributed by atoms with Crippen molar-refractivity contribution in [1.82, 2.24) is 5.32 Å². The molecule has 0 aliphatic heterocycles. The van der Waals surface area contributed by atoms with Crippen LogP contribution in [0.15, 0.2) is 56.1 Å². The molecule has 1 aromatic heterocycles. The molecule has 0 fully saturated rings. The monoisotopic (exact) mass is 473 g/mol. The van der Waals surface area contributed by atoms with Crippen molar-refractivity contribution in [1.29, 1.82) is 0 Å². The molecule has 0 radical (unpaired) electrons. The van der Waals surface area contributed by atoms with Gasteiger partial charge in [-0.25, -0.2) is 9.59 Å². The normalized spacial score (nSPS) is 10.6. The molecular weight excluding hydrogens is 454 g/mol. The Bertz CT molecular complexity index is 1150. The van der Waals surface area contributed by atoms with Crippen molar-refractivity contribution in [3.05, 3.63) is 68.5 Å². The van der Waals surface area contributed by atoms with E-state index in [1.807, 2.05) is 26.0 Å². The summed E-state index contributed by atoms with van der Waals surface area (Å²) in [7, 11) is 0. The highest BCUT2D eigenvalue weighted by Crippen LogP contribution is 2.26. The molecule has 0 unspecified atom stereocenters. The molecule has 1 heterocycles. The van der Waals surface area contributed by atoms with Crippen molar-refractivity contribution in [2.24, 2.45) is 0 Å². The van der Waals surface area contributed by atoms with Crippen molar-refractivity contribution < 1.29 is 23.5 Å². The number of aryl methyl sites for hydroxylation is 1. The second kappa shape index (κ2) is 9.58. The number of amides is 1. The maximum atomic E-state index is 12.1. The summed E-state index contributed by atoms with van der Waals surface area (Å²) in [6.45, 7) is 4.03. The Morgan fingerprint density at radius 2 is 1.93 bits per heavy atom. The minimum Gasteiger partial charge on any atom is -0.481 e. The van der Waals surface area contributed by atoms with Gasteiger partial charge in [0.25, 0.3) is 5.91 Å². The van der Waals surface area contributed by atoms with Crippen LogP contribution in [-0.2, 0) is 4.79 Å². The summed E-state index contributed by atoms with van der Waals surface area (Å²) in [5, 5.41) is 3.18. The fraction of sp³-hybridized carbons (Fsp3) is 0.227. The number of carbonyl (C=O) groups excluding carboxylic acids is 2. The molecule has 3 rings (SSSR count). The highest BCUT2D eigenvalue weighted by Gasteiger charge is 2.14. The summed E-state index contributed by atoms with van der Waals surface area (Å²) < 4.78 is 16.7. The number of rotatable bonds is 7. The molecule has 8 heteroatoms. The number of nitrogens with one attached hydrogen (secondary N) is 1. The molecule has 30 heavy (non-hydrogen) atoms. The van der Waals surface area contributed by atoms with E-state index in [0.29, 0.717) is 17.7 Å². The van der Waals surface area contributed by atoms with Crippen LogP contribution in [0.4, 0.5) is 0 Å². The number of halogens is 1. The Labute approximate surface area is 181 Å². The third kappa shape index (κ3) is 5.27. The zero-order chi connectivity index (χ0) is 21.7. The minimum absolute atomic E-state index is 0.0715. The van der Waals surface area contributed by atoms with Crippen LogP contribution in [0.3, 0.4) is 0 Å². The quantitative estimate of drug-likeness (QED) is 0.316. The first-order chi connectivity index (χ1) is 14.4. The van der Waals surface area contributed by atoms with Crippen LogP contribution in [0.1, 0.15) is 29.3 Å². The molecule has 7 nitrogen and oxygen atoms in total. The lowest BCUT2D eigenvalue weighted by atomic mass is 10.1. The fourth-order valence-electron chi connectivity index (χ4n) is 2.67. The third-order valence-corrected chi connectivity index (χ3v) is 4.77. The van der Waals surface area contributed by atoms with Gasteiger partial charge < -0.3 is 19.2 Å². The predicted molar refractivity (Wildman–Crippen MR) is 115 cm³/mol. The first-order valence-electron chi connectivity index (χ1n) is 9.33. The Hall–Kier alpha value is -3.13. The van der Waals surface area contributed by atoms with Gasteiger partial charge in [0.05, 0.1) is 4.47 Å². The van der Waals surface area contributed by atoms with Crippen LogP contribution in [0.2, 0.25) is 0 Å². The highest BCUT2D eigenvalue weighted by molar-refractivity contribution is 9.10. The number of benzene rings is 2. The van der Waals surface area contributed by atoms with Gasteiger partial charge in [-0.3, -0.25) is 4.79 Å². The van der Waals surface area contributed by atoms with E-state index in [-0.39, 0.29) is 23.5 Å². The van der Waals surface area contributed by atoms with Gasteiger partial charge in [0.2, 0.25) is 0 Å². The van der Waals surface area contributed by atoms with Gasteiger partial charge in [-0.1, -0.05) is 13.0 Å². The van der Waals surface area contributed by atoms with Crippen LogP contribution in [0, 0.1) is 6.92 Å². The molecule has 1 amide bonds. The molecule has 0 aliphatic rings. The summed E-state index contributed by atoms with van der Waals surface area (Å²) in [4.78, 5) is 36.3. The van der Waals surface area contributed by atoms with Crippen molar-refractivity contribution >= 4 is 38.8 Å². The Balaban J connectivity index is 1.70. The van der Waals surface area contributed by atoms with Crippen LogP contribution in [0.5, 0.6) is 11.5 Å². The number of carbonyl (C=O) groups is 2. The molecule has 3 aromatic rings. The summed E-state index contributed by atoms with van der Waals surface area (Å²) in [5.41, 5.74) is 0.435. The van der Waals surface area contributed by atoms with E-state index in [4.69, 9.17) is 13.9 Å². The van der Waals surface area contributed by atoms with Gasteiger partial charge in [-0.2, -0.15) is 0 Å². The SMILES string of the molecule is CCCNC(=O)c1cc2ccc(OC(=O)COc3ccc(C)cc3Br)cc2oc1=O. The molecule has 0 saturated carbocycles. The van der Waals surface area contributed by atoms with Crippen LogP contribution >= 0.6 is 15.9 Å². The van der Waals surface area contributed by atoms with Crippen LogP contribution < -0.4 is 20.4 Å². The van der Waals surface area contributed by atoms with Crippen LogP contribution in [-0.4, -0.2) is 25.0 Å². The molecule has 0 spiro atoms. The average molecular weight is 474 g/mol. The van der Waals surface area contributed by atoms with Gasteiger partial charge in [0.15, 0.2) is 6.61 Å². The lowest BCUT2D eigenvalue weighted by Crippen LogP contribution is -2.28. The van der Waals surface area contributed by atoms with E-state index in [9.17, 15) is 14.4 Å². The zero-order valence-corrected chi connectivity index (χ0v) is 18.1. The average Bonchev–Trinajstić information content (AvgIpc) is 2.70. The third-order valence-electron chi connectivity index (χ3n) is 4.15. The van der Waals surface area contributed by atoms with Gasteiger partial charge in [-0.15, -0.1) is 0 Å². The van der Waals surface area contributed by atoms with E-state index in [0.717, 1.165) is 16.5 Å². The second-order valence-electron chi connectivity index (χ2n) is 6.60. The second-order valence-corrected chi connectivity index (χ2v) is 7.45. The first kappa shape index (κ1) is 21.6. The van der Waals surface area contributed by atoms with Gasteiger partial charge in [0, 0.05) is 18.0 Å². The first-order valence-corrected chi connectivity index (χ1v) is 10.1. The Kier molecular flexibility index (Phi) is 6.89. The number of hydrogen-bond donors (Lipinski definition) is 1.